The van der Waals surface area contributed by atoms with Gasteiger partial charge in [0, 0.05) is 42.7 Å². The van der Waals surface area contributed by atoms with Crippen molar-refractivity contribution in [3.8, 4) is 0 Å². The van der Waals surface area contributed by atoms with Crippen LogP contribution < -0.4 is 10.6 Å². The number of aromatic amines is 1. The van der Waals surface area contributed by atoms with E-state index < -0.39 is 0 Å². The zero-order chi connectivity index (χ0) is 16.3. The Hall–Kier alpha value is -2.08. The third kappa shape index (κ3) is 3.64. The molecule has 3 N–H and O–H groups in total. The fourth-order valence-corrected chi connectivity index (χ4v) is 2.74. The first kappa shape index (κ1) is 15.8. The molecule has 1 fully saturated rings. The van der Waals surface area contributed by atoms with Gasteiger partial charge in [-0.05, 0) is 30.2 Å². The molecule has 0 saturated carbocycles. The van der Waals surface area contributed by atoms with Crippen LogP contribution in [0.3, 0.4) is 0 Å². The summed E-state index contributed by atoms with van der Waals surface area (Å²) < 4.78 is 18.6. The van der Waals surface area contributed by atoms with E-state index in [0.717, 1.165) is 55.2 Å². The average molecular weight is 318 g/mol. The molecule has 2 aromatic rings. The minimum Gasteiger partial charge on any atom is -0.380 e. The Kier molecular flexibility index (Phi) is 4.52. The average Bonchev–Trinajstić information content (AvgIpc) is 2.91. The Bertz CT molecular complexity index is 706. The van der Waals surface area contributed by atoms with Crippen molar-refractivity contribution in [3.63, 3.8) is 0 Å². The number of nitrogens with zero attached hydrogens (tertiary/aromatic N) is 1. The Morgan fingerprint density at radius 1 is 1.39 bits per heavy atom. The monoisotopic (exact) mass is 318 g/mol. The second-order valence-corrected chi connectivity index (χ2v) is 6.41. The predicted octanol–water partition coefficient (Wildman–Crippen LogP) is 2.05. The lowest BCUT2D eigenvalue weighted by Crippen LogP contribution is -2.51. The fraction of sp³-hybridized carbons (Fsp3) is 0.471. The molecule has 0 aliphatic carbocycles. The van der Waals surface area contributed by atoms with E-state index in [4.69, 9.17) is 4.74 Å². The van der Waals surface area contributed by atoms with Crippen molar-refractivity contribution in [2.24, 2.45) is 10.4 Å². The van der Waals surface area contributed by atoms with E-state index in [9.17, 15) is 4.39 Å². The lowest BCUT2D eigenvalue weighted by atomic mass is 9.89. The van der Waals surface area contributed by atoms with Gasteiger partial charge in [-0.1, -0.05) is 6.92 Å². The molecule has 1 aromatic heterocycles. The van der Waals surface area contributed by atoms with Crippen LogP contribution in [0.1, 0.15) is 12.5 Å². The summed E-state index contributed by atoms with van der Waals surface area (Å²) in [6.07, 6.45) is 2.74. The summed E-state index contributed by atoms with van der Waals surface area (Å²) in [4.78, 5) is 7.40. The molecule has 5 nitrogen and oxygen atoms in total. The second-order valence-electron chi connectivity index (χ2n) is 6.41. The number of guanidine groups is 1. The highest BCUT2D eigenvalue weighted by atomic mass is 19.1. The maximum Gasteiger partial charge on any atom is 0.191 e. The highest BCUT2D eigenvalue weighted by molar-refractivity contribution is 5.83. The lowest BCUT2D eigenvalue weighted by molar-refractivity contribution is -0.0971. The zero-order valence-corrected chi connectivity index (χ0v) is 13.6. The van der Waals surface area contributed by atoms with Crippen molar-refractivity contribution in [1.29, 1.82) is 0 Å². The summed E-state index contributed by atoms with van der Waals surface area (Å²) >= 11 is 0. The van der Waals surface area contributed by atoms with Gasteiger partial charge in [-0.3, -0.25) is 4.99 Å². The Balaban J connectivity index is 1.52. The molecule has 23 heavy (non-hydrogen) atoms. The third-order valence-corrected chi connectivity index (χ3v) is 4.22. The maximum atomic E-state index is 13.4. The number of halogens is 1. The van der Waals surface area contributed by atoms with Crippen molar-refractivity contribution >= 4 is 16.9 Å². The summed E-state index contributed by atoms with van der Waals surface area (Å²) in [5.41, 5.74) is 2.26. The van der Waals surface area contributed by atoms with Crippen molar-refractivity contribution in [2.75, 3.05) is 33.4 Å². The minimum atomic E-state index is -0.209. The first-order valence-corrected chi connectivity index (χ1v) is 7.87. The molecule has 0 bridgehead atoms. The number of ether oxygens (including phenoxy) is 1. The number of aliphatic imine (C=N–C) groups is 1. The molecule has 2 heterocycles. The van der Waals surface area contributed by atoms with Crippen molar-refractivity contribution in [3.05, 3.63) is 35.8 Å². The quantitative estimate of drug-likeness (QED) is 0.584. The summed E-state index contributed by atoms with van der Waals surface area (Å²) in [7, 11) is 1.76. The molecule has 0 atom stereocenters. The van der Waals surface area contributed by atoms with Gasteiger partial charge >= 0.3 is 0 Å². The Morgan fingerprint density at radius 3 is 2.91 bits per heavy atom. The van der Waals surface area contributed by atoms with Gasteiger partial charge in [0.1, 0.15) is 5.82 Å². The van der Waals surface area contributed by atoms with Gasteiger partial charge in [-0.15, -0.1) is 0 Å². The van der Waals surface area contributed by atoms with Crippen LogP contribution in [0.2, 0.25) is 0 Å². The summed E-state index contributed by atoms with van der Waals surface area (Å²) in [6, 6.07) is 4.81. The molecule has 0 amide bonds. The Labute approximate surface area is 135 Å². The molecule has 3 rings (SSSR count). The first-order valence-electron chi connectivity index (χ1n) is 7.87. The first-order chi connectivity index (χ1) is 11.1. The normalized spacial score (nSPS) is 17.1. The molecular formula is C17H23FN4O. The van der Waals surface area contributed by atoms with Gasteiger partial charge < -0.3 is 20.4 Å². The van der Waals surface area contributed by atoms with Crippen molar-refractivity contribution < 1.29 is 9.13 Å². The fourth-order valence-electron chi connectivity index (χ4n) is 2.74. The second kappa shape index (κ2) is 6.58. The van der Waals surface area contributed by atoms with Crippen LogP contribution in [0.5, 0.6) is 0 Å². The molecular weight excluding hydrogens is 295 g/mol. The Morgan fingerprint density at radius 2 is 2.22 bits per heavy atom. The van der Waals surface area contributed by atoms with Crippen molar-refractivity contribution in [1.82, 2.24) is 15.6 Å². The van der Waals surface area contributed by atoms with Gasteiger partial charge in [0.2, 0.25) is 0 Å². The molecule has 1 aliphatic heterocycles. The number of aromatic nitrogens is 1. The van der Waals surface area contributed by atoms with Crippen LogP contribution in [0.15, 0.2) is 29.4 Å². The van der Waals surface area contributed by atoms with E-state index >= 15 is 0 Å². The molecule has 6 heteroatoms. The smallest absolute Gasteiger partial charge is 0.191 e. The number of nitrogens with one attached hydrogen (secondary N) is 3. The SMILES string of the molecule is CN=C(NCCc1c[nH]c2ccc(F)cc12)NCC1(C)COC1. The maximum absolute atomic E-state index is 13.4. The number of fused-ring (bicyclic) bond motifs is 1. The van der Waals surface area contributed by atoms with E-state index in [0.29, 0.717) is 0 Å². The third-order valence-electron chi connectivity index (χ3n) is 4.22. The van der Waals surface area contributed by atoms with Gasteiger partial charge in [0.05, 0.1) is 13.2 Å². The molecule has 0 radical (unpaired) electrons. The standard InChI is InChI=1S/C17H23FN4O/c1-17(10-23-11-17)9-22-16(19-2)20-6-5-12-8-21-15-4-3-13(18)7-14(12)15/h3-4,7-8,21H,5-6,9-11H2,1-2H3,(H2,19,20,22). The zero-order valence-electron chi connectivity index (χ0n) is 13.6. The number of hydrogen-bond acceptors (Lipinski definition) is 2. The predicted molar refractivity (Wildman–Crippen MR) is 90.3 cm³/mol. The molecule has 0 spiro atoms. The van der Waals surface area contributed by atoms with E-state index in [2.05, 4.69) is 27.5 Å². The van der Waals surface area contributed by atoms with Gasteiger partial charge in [-0.25, -0.2) is 4.39 Å². The number of rotatable bonds is 5. The molecule has 1 aliphatic rings. The summed E-state index contributed by atoms with van der Waals surface area (Å²) in [5, 5.41) is 7.57. The molecule has 0 unspecified atom stereocenters. The molecule has 1 saturated heterocycles. The highest BCUT2D eigenvalue weighted by Gasteiger charge is 2.33. The number of hydrogen-bond donors (Lipinski definition) is 3. The van der Waals surface area contributed by atoms with E-state index in [1.165, 1.54) is 6.07 Å². The van der Waals surface area contributed by atoms with Crippen LogP contribution in [0.4, 0.5) is 4.39 Å². The van der Waals surface area contributed by atoms with Crippen LogP contribution in [-0.4, -0.2) is 44.3 Å². The van der Waals surface area contributed by atoms with Crippen LogP contribution in [0, 0.1) is 11.2 Å². The van der Waals surface area contributed by atoms with E-state index in [1.807, 2.05) is 6.20 Å². The topological polar surface area (TPSA) is 61.4 Å². The molecule has 1 aromatic carbocycles. The van der Waals surface area contributed by atoms with Gasteiger partial charge in [0.25, 0.3) is 0 Å². The van der Waals surface area contributed by atoms with Gasteiger partial charge in [-0.2, -0.15) is 0 Å². The van der Waals surface area contributed by atoms with Crippen LogP contribution in [0.25, 0.3) is 10.9 Å². The lowest BCUT2D eigenvalue weighted by Gasteiger charge is -2.38. The van der Waals surface area contributed by atoms with E-state index in [-0.39, 0.29) is 11.2 Å². The number of benzene rings is 1. The highest BCUT2D eigenvalue weighted by Crippen LogP contribution is 2.25. The van der Waals surface area contributed by atoms with Crippen LogP contribution >= 0.6 is 0 Å². The minimum absolute atomic E-state index is 0.200. The summed E-state index contributed by atoms with van der Waals surface area (Å²) in [5.74, 6) is 0.573. The number of H-pyrrole nitrogens is 1. The van der Waals surface area contributed by atoms with Gasteiger partial charge in [0.15, 0.2) is 5.96 Å². The summed E-state index contributed by atoms with van der Waals surface area (Å²) in [6.45, 7) is 5.34. The van der Waals surface area contributed by atoms with E-state index in [1.54, 1.807) is 19.2 Å². The van der Waals surface area contributed by atoms with Crippen LogP contribution in [-0.2, 0) is 11.2 Å². The molecule has 124 valence electrons. The van der Waals surface area contributed by atoms with Crippen molar-refractivity contribution in [2.45, 2.75) is 13.3 Å². The largest absolute Gasteiger partial charge is 0.380 e.